The van der Waals surface area contributed by atoms with Crippen LogP contribution in [0.5, 0.6) is 0 Å². The number of allylic oxidation sites excluding steroid dienone is 1. The van der Waals surface area contributed by atoms with Crippen molar-refractivity contribution in [3.8, 4) is 0 Å². The first kappa shape index (κ1) is 11.9. The lowest BCUT2D eigenvalue weighted by Gasteiger charge is -2.17. The molecule has 0 spiro atoms. The Hall–Kier alpha value is -0.130. The van der Waals surface area contributed by atoms with Crippen LogP contribution in [0.1, 0.15) is 51.9 Å². The zero-order chi connectivity index (χ0) is 10.3. The van der Waals surface area contributed by atoms with Crippen LogP contribution in [0.2, 0.25) is 0 Å². The van der Waals surface area contributed by atoms with Gasteiger partial charge in [0, 0.05) is 0 Å². The van der Waals surface area contributed by atoms with Gasteiger partial charge < -0.3 is 5.73 Å². The van der Waals surface area contributed by atoms with E-state index >= 15 is 0 Å². The lowest BCUT2D eigenvalue weighted by molar-refractivity contribution is 0.554. The molecule has 0 aromatic heterocycles. The normalized spacial score (nSPS) is 25.9. The van der Waals surface area contributed by atoms with Gasteiger partial charge in [0.1, 0.15) is 0 Å². The first-order valence-electron chi connectivity index (χ1n) is 5.79. The molecule has 1 aliphatic heterocycles. The molecule has 0 radical (unpaired) electrons. The van der Waals surface area contributed by atoms with E-state index in [9.17, 15) is 0 Å². The van der Waals surface area contributed by atoms with Crippen LogP contribution in [0.25, 0.3) is 0 Å². The molecule has 0 aromatic carbocycles. The Morgan fingerprint density at radius 1 is 1.14 bits per heavy atom. The first-order chi connectivity index (χ1) is 6.77. The van der Waals surface area contributed by atoms with Crippen LogP contribution < -0.4 is 5.73 Å². The highest BCUT2D eigenvalue weighted by Crippen LogP contribution is 2.29. The molecular formula is C12H22NP. The predicted octanol–water partition coefficient (Wildman–Crippen LogP) is 3.71. The van der Waals surface area contributed by atoms with Crippen LogP contribution >= 0.6 is 8.20 Å². The molecular weight excluding hydrogens is 189 g/mol. The van der Waals surface area contributed by atoms with E-state index in [1.54, 1.807) is 0 Å². The van der Waals surface area contributed by atoms with Gasteiger partial charge in [0.25, 0.3) is 0 Å². The third-order valence-electron chi connectivity index (χ3n) is 2.72. The first-order valence-corrected chi connectivity index (χ1v) is 6.75. The van der Waals surface area contributed by atoms with Gasteiger partial charge in [-0.2, -0.15) is 0 Å². The van der Waals surface area contributed by atoms with Crippen molar-refractivity contribution in [3.63, 3.8) is 0 Å². The molecule has 14 heavy (non-hydrogen) atoms. The molecule has 0 amide bonds. The molecule has 1 nitrogen and oxygen atoms in total. The van der Waals surface area contributed by atoms with Gasteiger partial charge in [0.15, 0.2) is 0 Å². The van der Waals surface area contributed by atoms with Crippen molar-refractivity contribution in [2.75, 3.05) is 0 Å². The molecule has 1 aliphatic rings. The minimum absolute atomic E-state index is 0.0231. The summed E-state index contributed by atoms with van der Waals surface area (Å²) in [4.78, 5) is 0. The summed E-state index contributed by atoms with van der Waals surface area (Å²) < 4.78 is 0. The van der Waals surface area contributed by atoms with Crippen molar-refractivity contribution in [1.82, 2.24) is 0 Å². The topological polar surface area (TPSA) is 26.0 Å². The number of unbranched alkanes of at least 4 members (excludes halogenated alkanes) is 5. The summed E-state index contributed by atoms with van der Waals surface area (Å²) in [7, 11) is 1.28. The fourth-order valence-electron chi connectivity index (χ4n) is 1.77. The van der Waals surface area contributed by atoms with Gasteiger partial charge in [-0.3, -0.25) is 0 Å². The molecule has 1 atom stereocenters. The molecule has 1 heterocycles. The molecule has 0 aliphatic carbocycles. The van der Waals surface area contributed by atoms with E-state index in [2.05, 4.69) is 24.9 Å². The molecule has 2 heteroatoms. The number of hydrogen-bond acceptors (Lipinski definition) is 1. The summed E-state index contributed by atoms with van der Waals surface area (Å²) in [5.41, 5.74) is 6.17. The van der Waals surface area contributed by atoms with E-state index in [4.69, 9.17) is 5.73 Å². The summed E-state index contributed by atoms with van der Waals surface area (Å²) in [6, 6.07) is 0. The van der Waals surface area contributed by atoms with Gasteiger partial charge in [0.2, 0.25) is 0 Å². The predicted molar refractivity (Wildman–Crippen MR) is 67.0 cm³/mol. The summed E-state index contributed by atoms with van der Waals surface area (Å²) in [5.74, 6) is 2.15. The zero-order valence-electron chi connectivity index (χ0n) is 9.21. The van der Waals surface area contributed by atoms with Crippen LogP contribution in [0.3, 0.4) is 0 Å². The quantitative estimate of drug-likeness (QED) is 0.504. The number of nitrogens with two attached hydrogens (primary N) is 1. The fourth-order valence-corrected chi connectivity index (χ4v) is 2.68. The standard InChI is InChI=1S/C12H22NP/c1-2-3-4-5-6-7-9-12(13)10-8-11-14-12/h8,10-11H,2-7,9,13H2,1H3. The van der Waals surface area contributed by atoms with Crippen molar-refractivity contribution in [2.24, 2.45) is 5.73 Å². The number of rotatable bonds is 7. The zero-order valence-corrected chi connectivity index (χ0v) is 10.1. The van der Waals surface area contributed by atoms with E-state index in [1.807, 2.05) is 0 Å². The van der Waals surface area contributed by atoms with Crippen molar-refractivity contribution in [1.29, 1.82) is 0 Å². The van der Waals surface area contributed by atoms with Crippen LogP contribution in [-0.4, -0.2) is 11.1 Å². The van der Waals surface area contributed by atoms with Crippen molar-refractivity contribution in [2.45, 2.75) is 57.1 Å². The van der Waals surface area contributed by atoms with Crippen LogP contribution in [-0.2, 0) is 0 Å². The Kier molecular flexibility index (Phi) is 5.44. The van der Waals surface area contributed by atoms with Gasteiger partial charge in [-0.15, -0.1) is 0 Å². The third-order valence-corrected chi connectivity index (χ3v) is 3.89. The molecule has 0 aromatic rings. The van der Waals surface area contributed by atoms with Crippen molar-refractivity contribution >= 4 is 14.0 Å². The Morgan fingerprint density at radius 3 is 2.50 bits per heavy atom. The average molecular weight is 211 g/mol. The third kappa shape index (κ3) is 4.39. The van der Waals surface area contributed by atoms with Gasteiger partial charge in [-0.1, -0.05) is 65.8 Å². The highest BCUT2D eigenvalue weighted by molar-refractivity contribution is 7.41. The highest BCUT2D eigenvalue weighted by atomic mass is 31.1. The smallest absolute Gasteiger partial charge is 0.0767 e. The molecule has 0 saturated heterocycles. The van der Waals surface area contributed by atoms with Crippen LogP contribution in [0.4, 0.5) is 0 Å². The van der Waals surface area contributed by atoms with Crippen LogP contribution in [0.15, 0.2) is 12.2 Å². The van der Waals surface area contributed by atoms with E-state index in [0.29, 0.717) is 0 Å². The summed E-state index contributed by atoms with van der Waals surface area (Å²) >= 11 is 0. The minimum atomic E-state index is -0.0231. The van der Waals surface area contributed by atoms with Gasteiger partial charge >= 0.3 is 0 Å². The second-order valence-electron chi connectivity index (χ2n) is 4.15. The molecule has 0 fully saturated rings. The van der Waals surface area contributed by atoms with Crippen molar-refractivity contribution < 1.29 is 0 Å². The average Bonchev–Trinajstić information content (AvgIpc) is 2.59. The second kappa shape index (κ2) is 6.37. The minimum Gasteiger partial charge on any atom is -0.315 e. The Labute approximate surface area is 89.6 Å². The van der Waals surface area contributed by atoms with E-state index in [1.165, 1.54) is 46.7 Å². The fraction of sp³-hybridized carbons (Fsp3) is 0.750. The highest BCUT2D eigenvalue weighted by Gasteiger charge is 2.19. The molecule has 0 saturated carbocycles. The van der Waals surface area contributed by atoms with Crippen LogP contribution in [0, 0.1) is 0 Å². The van der Waals surface area contributed by atoms with E-state index in [0.717, 1.165) is 6.42 Å². The Morgan fingerprint density at radius 2 is 1.86 bits per heavy atom. The SMILES string of the molecule is CCCCCCCCC1(N)C=CC=P1. The maximum Gasteiger partial charge on any atom is 0.0767 e. The molecule has 80 valence electrons. The Balaban J connectivity index is 1.99. The molecule has 0 bridgehead atoms. The van der Waals surface area contributed by atoms with Gasteiger partial charge in [0.05, 0.1) is 5.28 Å². The second-order valence-corrected chi connectivity index (χ2v) is 5.54. The lowest BCUT2D eigenvalue weighted by atomic mass is 10.1. The van der Waals surface area contributed by atoms with Gasteiger partial charge in [-0.25, -0.2) is 0 Å². The summed E-state index contributed by atoms with van der Waals surface area (Å²) in [5, 5.41) is -0.0231. The molecule has 2 N–H and O–H groups in total. The number of hydrogen-bond donors (Lipinski definition) is 1. The van der Waals surface area contributed by atoms with Crippen molar-refractivity contribution in [3.05, 3.63) is 12.2 Å². The maximum absolute atomic E-state index is 6.17. The van der Waals surface area contributed by atoms with Gasteiger partial charge in [-0.05, 0) is 12.2 Å². The van der Waals surface area contributed by atoms with E-state index < -0.39 is 0 Å². The largest absolute Gasteiger partial charge is 0.315 e. The molecule has 1 unspecified atom stereocenters. The van der Waals surface area contributed by atoms with E-state index in [-0.39, 0.29) is 5.28 Å². The summed E-state index contributed by atoms with van der Waals surface area (Å²) in [6.07, 6.45) is 13.5. The monoisotopic (exact) mass is 211 g/mol. The Bertz CT molecular complexity index is 196. The lowest BCUT2D eigenvalue weighted by Crippen LogP contribution is -2.29. The molecule has 1 rings (SSSR count). The maximum atomic E-state index is 6.17. The summed E-state index contributed by atoms with van der Waals surface area (Å²) in [6.45, 7) is 2.26.